The summed E-state index contributed by atoms with van der Waals surface area (Å²) in [5.41, 5.74) is 0. The summed E-state index contributed by atoms with van der Waals surface area (Å²) in [5, 5.41) is 16.1. The van der Waals surface area contributed by atoms with Gasteiger partial charge in [0.25, 0.3) is 0 Å². The highest BCUT2D eigenvalue weighted by Crippen LogP contribution is 1.84. The van der Waals surface area contributed by atoms with Crippen molar-refractivity contribution in [3.05, 3.63) is 6.92 Å². The Hall–Kier alpha value is -0.0800. The van der Waals surface area contributed by atoms with Crippen LogP contribution >= 0.6 is 0 Å². The first-order valence-electron chi connectivity index (χ1n) is 1.78. The van der Waals surface area contributed by atoms with E-state index in [0.717, 1.165) is 0 Å². The molecule has 2 radical (unpaired) electrons. The molecule has 0 spiro atoms. The topological polar surface area (TPSA) is 40.5 Å². The monoisotopic (exact) mass is 88.1 g/mol. The molecule has 0 aromatic rings. The van der Waals surface area contributed by atoms with Crippen LogP contribution in [0.5, 0.6) is 0 Å². The fourth-order valence-electron chi connectivity index (χ4n) is 0.0577. The Kier molecular flexibility index (Phi) is 3.08. The van der Waals surface area contributed by atoms with Crippen molar-refractivity contribution in [3.63, 3.8) is 0 Å². The Morgan fingerprint density at radius 2 is 1.67 bits per heavy atom. The fourth-order valence-corrected chi connectivity index (χ4v) is 0.0577. The summed E-state index contributed by atoms with van der Waals surface area (Å²) in [6.07, 6.45) is 0. The van der Waals surface area contributed by atoms with E-state index < -0.39 is 5.92 Å². The lowest BCUT2D eigenvalue weighted by molar-refractivity contribution is 0.176. The van der Waals surface area contributed by atoms with E-state index in [9.17, 15) is 0 Å². The maximum absolute atomic E-state index is 8.05. The summed E-state index contributed by atoms with van der Waals surface area (Å²) >= 11 is 0. The van der Waals surface area contributed by atoms with Crippen molar-refractivity contribution in [2.24, 2.45) is 5.92 Å². The molecule has 0 aromatic carbocycles. The molecule has 0 rings (SSSR count). The van der Waals surface area contributed by atoms with Crippen molar-refractivity contribution >= 4 is 0 Å². The summed E-state index contributed by atoms with van der Waals surface area (Å²) in [6.45, 7) is 4.69. The van der Waals surface area contributed by atoms with Crippen LogP contribution in [0.25, 0.3) is 0 Å². The minimum absolute atomic E-state index is 0.142. The second-order valence-electron chi connectivity index (χ2n) is 1.13. The summed E-state index contributed by atoms with van der Waals surface area (Å²) < 4.78 is 0. The number of rotatable bonds is 2. The predicted octanol–water partition coefficient (Wildman–Crippen LogP) is -0.702. The summed E-state index contributed by atoms with van der Waals surface area (Å²) in [6, 6.07) is 0. The molecule has 0 atom stereocenters. The zero-order valence-electron chi connectivity index (χ0n) is 3.46. The molecule has 0 aliphatic heterocycles. The molecular weight excluding hydrogens is 80.0 g/mol. The standard InChI is InChI=1S/C4H8O2/c1-4(2-5)3-6/h1,4-6H,2-3H2. The molecule has 0 bridgehead atoms. The smallest absolute Gasteiger partial charge is 0.0484 e. The third kappa shape index (κ3) is 2.18. The predicted molar refractivity (Wildman–Crippen MR) is 22.0 cm³/mol. The van der Waals surface area contributed by atoms with E-state index in [-0.39, 0.29) is 13.2 Å². The fraction of sp³-hybridized carbons (Fsp3) is 0.750. The Morgan fingerprint density at radius 3 is 1.67 bits per heavy atom. The maximum atomic E-state index is 8.05. The lowest BCUT2D eigenvalue weighted by atomic mass is 10.2. The molecular formula is C4H8O2. The van der Waals surface area contributed by atoms with Gasteiger partial charge in [0.15, 0.2) is 0 Å². The van der Waals surface area contributed by atoms with E-state index in [2.05, 4.69) is 0 Å². The molecule has 6 heavy (non-hydrogen) atoms. The van der Waals surface area contributed by atoms with E-state index in [1.165, 1.54) is 0 Å². The first kappa shape index (κ1) is 5.92. The average Bonchev–Trinajstić information content (AvgIpc) is 1.65. The minimum Gasteiger partial charge on any atom is -0.396 e. The van der Waals surface area contributed by atoms with Crippen LogP contribution in [-0.2, 0) is 0 Å². The SMILES string of the molecule is [CH]C(CO)CO. The van der Waals surface area contributed by atoms with Crippen LogP contribution in [0.3, 0.4) is 0 Å². The van der Waals surface area contributed by atoms with Gasteiger partial charge in [-0.3, -0.25) is 0 Å². The van der Waals surface area contributed by atoms with Crippen LogP contribution in [-0.4, -0.2) is 23.4 Å². The molecule has 0 unspecified atom stereocenters. The molecule has 2 N–H and O–H groups in total. The maximum Gasteiger partial charge on any atom is 0.0484 e. The highest BCUT2D eigenvalue weighted by molar-refractivity contribution is 4.53. The first-order chi connectivity index (χ1) is 2.81. The van der Waals surface area contributed by atoms with Gasteiger partial charge in [-0.2, -0.15) is 0 Å². The molecule has 2 nitrogen and oxygen atoms in total. The third-order valence-electron chi connectivity index (χ3n) is 0.469. The number of aliphatic hydroxyl groups is 2. The molecule has 0 aliphatic rings. The van der Waals surface area contributed by atoms with Gasteiger partial charge in [0, 0.05) is 19.1 Å². The van der Waals surface area contributed by atoms with Crippen molar-refractivity contribution in [2.75, 3.05) is 13.2 Å². The van der Waals surface area contributed by atoms with E-state index in [4.69, 9.17) is 17.1 Å². The van der Waals surface area contributed by atoms with Crippen molar-refractivity contribution in [2.45, 2.75) is 0 Å². The number of hydrogen-bond donors (Lipinski definition) is 2. The van der Waals surface area contributed by atoms with Gasteiger partial charge >= 0.3 is 0 Å². The third-order valence-corrected chi connectivity index (χ3v) is 0.469. The molecule has 0 amide bonds. The van der Waals surface area contributed by atoms with Crippen molar-refractivity contribution in [3.8, 4) is 0 Å². The van der Waals surface area contributed by atoms with E-state index in [0.29, 0.717) is 0 Å². The minimum atomic E-state index is -0.454. The van der Waals surface area contributed by atoms with Crippen molar-refractivity contribution in [1.29, 1.82) is 0 Å². The molecule has 0 fully saturated rings. The molecule has 36 valence electrons. The van der Waals surface area contributed by atoms with Crippen LogP contribution in [0.4, 0.5) is 0 Å². The molecule has 0 saturated heterocycles. The van der Waals surface area contributed by atoms with E-state index >= 15 is 0 Å². The molecule has 0 aliphatic carbocycles. The van der Waals surface area contributed by atoms with Crippen LogP contribution < -0.4 is 0 Å². The summed E-state index contributed by atoms with van der Waals surface area (Å²) in [7, 11) is 0. The molecule has 0 heterocycles. The highest BCUT2D eigenvalue weighted by atomic mass is 16.3. The highest BCUT2D eigenvalue weighted by Gasteiger charge is 1.92. The van der Waals surface area contributed by atoms with Gasteiger partial charge in [0.05, 0.1) is 0 Å². The van der Waals surface area contributed by atoms with Gasteiger partial charge in [-0.05, 0) is 6.92 Å². The van der Waals surface area contributed by atoms with Gasteiger partial charge in [0.1, 0.15) is 0 Å². The molecule has 0 aromatic heterocycles. The van der Waals surface area contributed by atoms with Crippen molar-refractivity contribution < 1.29 is 10.2 Å². The van der Waals surface area contributed by atoms with Crippen LogP contribution in [0.2, 0.25) is 0 Å². The van der Waals surface area contributed by atoms with Gasteiger partial charge in [-0.1, -0.05) is 0 Å². The second-order valence-corrected chi connectivity index (χ2v) is 1.13. The largest absolute Gasteiger partial charge is 0.396 e. The average molecular weight is 88.1 g/mol. The Bertz CT molecular complexity index is 24.7. The van der Waals surface area contributed by atoms with Gasteiger partial charge < -0.3 is 10.2 Å². The van der Waals surface area contributed by atoms with Crippen LogP contribution in [0.1, 0.15) is 0 Å². The van der Waals surface area contributed by atoms with Gasteiger partial charge in [-0.25, -0.2) is 0 Å². The normalized spacial score (nSPS) is 10.0. The first-order valence-corrected chi connectivity index (χ1v) is 1.78. The lowest BCUT2D eigenvalue weighted by Gasteiger charge is -1.96. The molecule has 0 saturated carbocycles. The van der Waals surface area contributed by atoms with Gasteiger partial charge in [0.2, 0.25) is 0 Å². The summed E-state index contributed by atoms with van der Waals surface area (Å²) in [4.78, 5) is 0. The van der Waals surface area contributed by atoms with E-state index in [1.807, 2.05) is 0 Å². The quantitative estimate of drug-likeness (QED) is 0.468. The summed E-state index contributed by atoms with van der Waals surface area (Å²) in [5.74, 6) is -0.454. The van der Waals surface area contributed by atoms with Gasteiger partial charge in [-0.15, -0.1) is 0 Å². The zero-order chi connectivity index (χ0) is 4.99. The zero-order valence-corrected chi connectivity index (χ0v) is 3.46. The Balaban J connectivity index is 2.75. The van der Waals surface area contributed by atoms with Crippen LogP contribution in [0, 0.1) is 12.8 Å². The second kappa shape index (κ2) is 3.12. The number of aliphatic hydroxyl groups excluding tert-OH is 2. The Labute approximate surface area is 37.4 Å². The van der Waals surface area contributed by atoms with Crippen LogP contribution in [0.15, 0.2) is 0 Å². The lowest BCUT2D eigenvalue weighted by Crippen LogP contribution is -2.04. The van der Waals surface area contributed by atoms with Crippen molar-refractivity contribution in [1.82, 2.24) is 0 Å². The number of hydrogen-bond acceptors (Lipinski definition) is 2. The Morgan fingerprint density at radius 1 is 1.33 bits per heavy atom. The van der Waals surface area contributed by atoms with E-state index in [1.54, 1.807) is 0 Å². The molecule has 2 heteroatoms.